The topological polar surface area (TPSA) is 45.0 Å². The maximum Gasteiger partial charge on any atom is 0.174 e. The average molecular weight is 288 g/mol. The second kappa shape index (κ2) is 6.71. The Labute approximate surface area is 121 Å². The van der Waals surface area contributed by atoms with Gasteiger partial charge in [-0.15, -0.1) is 0 Å². The van der Waals surface area contributed by atoms with E-state index in [1.807, 2.05) is 25.1 Å². The summed E-state index contributed by atoms with van der Waals surface area (Å²) in [5.41, 5.74) is 1.47. The zero-order valence-electron chi connectivity index (χ0n) is 11.4. The second-order valence-electron chi connectivity index (χ2n) is 4.51. The van der Waals surface area contributed by atoms with Crippen molar-refractivity contribution in [1.82, 2.24) is 0 Å². The number of nitriles is 1. The lowest BCUT2D eigenvalue weighted by molar-refractivity contribution is 0.368. The fourth-order valence-corrected chi connectivity index (χ4v) is 1.89. The van der Waals surface area contributed by atoms with E-state index in [0.29, 0.717) is 11.4 Å². The molecule has 0 aromatic heterocycles. The van der Waals surface area contributed by atoms with Crippen molar-refractivity contribution in [2.45, 2.75) is 13.0 Å². The average Bonchev–Trinajstić information content (AvgIpc) is 2.49. The van der Waals surface area contributed by atoms with E-state index in [1.54, 1.807) is 12.1 Å². The monoisotopic (exact) mass is 288 g/mol. The fourth-order valence-electron chi connectivity index (χ4n) is 1.89. The first-order valence-electron chi connectivity index (χ1n) is 6.41. The van der Waals surface area contributed by atoms with Crippen LogP contribution in [0, 0.1) is 23.0 Å². The van der Waals surface area contributed by atoms with Crippen LogP contribution in [-0.4, -0.2) is 6.61 Å². The number of rotatable bonds is 5. The lowest BCUT2D eigenvalue weighted by atomic mass is 10.1. The van der Waals surface area contributed by atoms with Gasteiger partial charge in [-0.2, -0.15) is 5.26 Å². The summed E-state index contributed by atoms with van der Waals surface area (Å²) >= 11 is 0. The van der Waals surface area contributed by atoms with E-state index in [2.05, 4.69) is 5.32 Å². The van der Waals surface area contributed by atoms with Gasteiger partial charge in [0, 0.05) is 17.8 Å². The van der Waals surface area contributed by atoms with Gasteiger partial charge in [-0.25, -0.2) is 8.78 Å². The largest absolute Gasteiger partial charge is 0.479 e. The third-order valence-electron chi connectivity index (χ3n) is 2.99. The number of hydrogen-bond acceptors (Lipinski definition) is 3. The smallest absolute Gasteiger partial charge is 0.174 e. The lowest BCUT2D eigenvalue weighted by Crippen LogP contribution is -2.07. The van der Waals surface area contributed by atoms with Gasteiger partial charge in [0.05, 0.1) is 0 Å². The van der Waals surface area contributed by atoms with Gasteiger partial charge in [-0.3, -0.25) is 0 Å². The van der Waals surface area contributed by atoms with Crippen molar-refractivity contribution in [2.24, 2.45) is 0 Å². The van der Waals surface area contributed by atoms with Gasteiger partial charge < -0.3 is 10.1 Å². The number of halogens is 2. The number of ether oxygens (including phenoxy) is 1. The highest BCUT2D eigenvalue weighted by atomic mass is 19.2. The Morgan fingerprint density at radius 3 is 2.48 bits per heavy atom. The van der Waals surface area contributed by atoms with Gasteiger partial charge in [-0.05, 0) is 36.8 Å². The molecule has 1 N–H and O–H groups in total. The van der Waals surface area contributed by atoms with Crippen LogP contribution >= 0.6 is 0 Å². The summed E-state index contributed by atoms with van der Waals surface area (Å²) < 4.78 is 31.2. The molecule has 0 heterocycles. The molecule has 3 nitrogen and oxygen atoms in total. The van der Waals surface area contributed by atoms with Crippen LogP contribution in [0.3, 0.4) is 0 Å². The van der Waals surface area contributed by atoms with Gasteiger partial charge in [0.2, 0.25) is 0 Å². The summed E-state index contributed by atoms with van der Waals surface area (Å²) in [5, 5.41) is 11.5. The van der Waals surface area contributed by atoms with Crippen LogP contribution in [0.4, 0.5) is 14.5 Å². The van der Waals surface area contributed by atoms with E-state index >= 15 is 0 Å². The third-order valence-corrected chi connectivity index (χ3v) is 2.99. The summed E-state index contributed by atoms with van der Waals surface area (Å²) in [4.78, 5) is 0. The highest BCUT2D eigenvalue weighted by Crippen LogP contribution is 2.22. The van der Waals surface area contributed by atoms with Crippen molar-refractivity contribution in [3.05, 3.63) is 59.7 Å². The minimum absolute atomic E-state index is 0.00199. The molecule has 2 aromatic rings. The highest BCUT2D eigenvalue weighted by Gasteiger charge is 2.08. The maximum atomic E-state index is 13.1. The van der Waals surface area contributed by atoms with Crippen molar-refractivity contribution < 1.29 is 13.5 Å². The van der Waals surface area contributed by atoms with Crippen LogP contribution in [0.5, 0.6) is 5.75 Å². The number of nitrogens with one attached hydrogen (secondary N) is 1. The van der Waals surface area contributed by atoms with Crippen molar-refractivity contribution in [3.63, 3.8) is 0 Å². The third kappa shape index (κ3) is 3.93. The molecule has 0 amide bonds. The predicted molar refractivity (Wildman–Crippen MR) is 75.9 cm³/mol. The Morgan fingerprint density at radius 2 is 1.86 bits per heavy atom. The van der Waals surface area contributed by atoms with Crippen molar-refractivity contribution in [3.8, 4) is 11.8 Å². The molecule has 0 saturated heterocycles. The summed E-state index contributed by atoms with van der Waals surface area (Å²) in [5.74, 6) is -1.14. The van der Waals surface area contributed by atoms with Crippen LogP contribution in [0.25, 0.3) is 0 Å². The first kappa shape index (κ1) is 14.8. The Balaban J connectivity index is 2.04. The van der Waals surface area contributed by atoms with E-state index < -0.39 is 11.6 Å². The van der Waals surface area contributed by atoms with Gasteiger partial charge in [0.15, 0.2) is 18.2 Å². The maximum absolute atomic E-state index is 13.1. The summed E-state index contributed by atoms with van der Waals surface area (Å²) in [6.07, 6.45) is 0. The minimum atomic E-state index is -0.882. The predicted octanol–water partition coefficient (Wildman–Crippen LogP) is 4.04. The number of benzene rings is 2. The molecule has 0 fully saturated rings. The van der Waals surface area contributed by atoms with E-state index in [1.165, 1.54) is 6.07 Å². The second-order valence-corrected chi connectivity index (χ2v) is 4.51. The molecule has 2 aromatic carbocycles. The molecule has 0 bridgehead atoms. The van der Waals surface area contributed by atoms with Crippen LogP contribution < -0.4 is 10.1 Å². The zero-order valence-corrected chi connectivity index (χ0v) is 11.4. The van der Waals surface area contributed by atoms with Crippen LogP contribution in [0.2, 0.25) is 0 Å². The molecule has 0 aliphatic rings. The van der Waals surface area contributed by atoms with E-state index in [9.17, 15) is 8.78 Å². The zero-order chi connectivity index (χ0) is 15.2. The molecule has 2 rings (SSSR count). The standard InChI is InChI=1S/C16H14F2N2O/c1-11(20-13-4-7-15(17)16(18)10-13)12-2-5-14(6-3-12)21-9-8-19/h2-7,10-11,20H,9H2,1H3. The van der Waals surface area contributed by atoms with Crippen LogP contribution in [0.15, 0.2) is 42.5 Å². The van der Waals surface area contributed by atoms with Gasteiger partial charge >= 0.3 is 0 Å². The van der Waals surface area contributed by atoms with Crippen molar-refractivity contribution >= 4 is 5.69 Å². The summed E-state index contributed by atoms with van der Waals surface area (Å²) in [6.45, 7) is 1.91. The van der Waals surface area contributed by atoms with Gasteiger partial charge in [0.25, 0.3) is 0 Å². The molecule has 0 aliphatic heterocycles. The Bertz CT molecular complexity index is 650. The van der Waals surface area contributed by atoms with Gasteiger partial charge in [0.1, 0.15) is 11.8 Å². The van der Waals surface area contributed by atoms with E-state index in [4.69, 9.17) is 10.00 Å². The Hall–Kier alpha value is -2.61. The molecular weight excluding hydrogens is 274 g/mol. The van der Waals surface area contributed by atoms with Crippen LogP contribution in [-0.2, 0) is 0 Å². The summed E-state index contributed by atoms with van der Waals surface area (Å²) in [6, 6.07) is 12.7. The van der Waals surface area contributed by atoms with Crippen LogP contribution in [0.1, 0.15) is 18.5 Å². The molecular formula is C16H14F2N2O. The Morgan fingerprint density at radius 1 is 1.14 bits per heavy atom. The Kier molecular flexibility index (Phi) is 4.72. The summed E-state index contributed by atoms with van der Waals surface area (Å²) in [7, 11) is 0. The molecule has 21 heavy (non-hydrogen) atoms. The molecule has 108 valence electrons. The molecule has 1 unspecified atom stereocenters. The number of nitrogens with zero attached hydrogens (tertiary/aromatic N) is 1. The molecule has 1 atom stereocenters. The van der Waals surface area contributed by atoms with Crippen molar-refractivity contribution in [1.29, 1.82) is 5.26 Å². The highest BCUT2D eigenvalue weighted by molar-refractivity contribution is 5.46. The van der Waals surface area contributed by atoms with Gasteiger partial charge in [-0.1, -0.05) is 12.1 Å². The van der Waals surface area contributed by atoms with E-state index in [0.717, 1.165) is 17.7 Å². The lowest BCUT2D eigenvalue weighted by Gasteiger charge is -2.16. The van der Waals surface area contributed by atoms with Crippen molar-refractivity contribution in [2.75, 3.05) is 11.9 Å². The fraction of sp³-hybridized carbons (Fsp3) is 0.188. The molecule has 0 spiro atoms. The molecule has 5 heteroatoms. The number of anilines is 1. The molecule has 0 aliphatic carbocycles. The minimum Gasteiger partial charge on any atom is -0.479 e. The first-order chi connectivity index (χ1) is 10.1. The normalized spacial score (nSPS) is 11.5. The van der Waals surface area contributed by atoms with E-state index in [-0.39, 0.29) is 12.6 Å². The number of hydrogen-bond donors (Lipinski definition) is 1. The first-order valence-corrected chi connectivity index (χ1v) is 6.41. The quantitative estimate of drug-likeness (QED) is 0.903. The molecule has 0 radical (unpaired) electrons. The molecule has 0 saturated carbocycles. The SMILES string of the molecule is CC(Nc1ccc(F)c(F)c1)c1ccc(OCC#N)cc1.